The Morgan fingerprint density at radius 1 is 1.24 bits per heavy atom. The summed E-state index contributed by atoms with van der Waals surface area (Å²) >= 11 is 0. The van der Waals surface area contributed by atoms with Gasteiger partial charge in [0.05, 0.1) is 14.2 Å². The highest BCUT2D eigenvalue weighted by Gasteiger charge is 2.27. The summed E-state index contributed by atoms with van der Waals surface area (Å²) in [6.45, 7) is 0. The molecule has 1 aromatic carbocycles. The molecule has 1 aliphatic rings. The van der Waals surface area contributed by atoms with E-state index in [9.17, 15) is 4.79 Å². The van der Waals surface area contributed by atoms with Crippen LogP contribution in [0.4, 0.5) is 0 Å². The zero-order valence-corrected chi connectivity index (χ0v) is 10.1. The van der Waals surface area contributed by atoms with Gasteiger partial charge in [-0.25, -0.2) is 0 Å². The number of allylic oxidation sites excluding steroid dienone is 1. The molecule has 0 bridgehead atoms. The third-order valence-corrected chi connectivity index (χ3v) is 2.83. The molecular formula is C14H16O3. The van der Waals surface area contributed by atoms with Crippen molar-refractivity contribution in [3.8, 4) is 11.5 Å². The zero-order valence-electron chi connectivity index (χ0n) is 10.1. The summed E-state index contributed by atoms with van der Waals surface area (Å²) < 4.78 is 10.3. The second-order valence-electron chi connectivity index (χ2n) is 4.12. The van der Waals surface area contributed by atoms with E-state index in [1.807, 2.05) is 24.3 Å². The fraction of sp³-hybridized carbons (Fsp3) is 0.357. The van der Waals surface area contributed by atoms with E-state index in [0.717, 1.165) is 18.4 Å². The highest BCUT2D eigenvalue weighted by atomic mass is 16.5. The molecule has 2 rings (SSSR count). The van der Waals surface area contributed by atoms with Gasteiger partial charge < -0.3 is 9.47 Å². The van der Waals surface area contributed by atoms with E-state index < -0.39 is 0 Å². The number of ketones is 1. The van der Waals surface area contributed by atoms with Gasteiger partial charge in [-0.2, -0.15) is 0 Å². The standard InChI is InChI=1S/C14H16O3/c1-16-13-8-4-10(9-14(13)17-2)3-7-12(15)11-5-6-11/h3-4,7-9,11H,5-6H2,1-2H3. The van der Waals surface area contributed by atoms with Gasteiger partial charge in [-0.05, 0) is 36.6 Å². The summed E-state index contributed by atoms with van der Waals surface area (Å²) in [5.74, 6) is 1.86. The van der Waals surface area contributed by atoms with Crippen LogP contribution in [0, 0.1) is 5.92 Å². The van der Waals surface area contributed by atoms with Crippen LogP contribution in [0.3, 0.4) is 0 Å². The minimum Gasteiger partial charge on any atom is -0.493 e. The molecule has 0 saturated heterocycles. The van der Waals surface area contributed by atoms with Crippen molar-refractivity contribution in [2.24, 2.45) is 5.92 Å². The maximum absolute atomic E-state index is 11.5. The van der Waals surface area contributed by atoms with Crippen molar-refractivity contribution in [1.82, 2.24) is 0 Å². The summed E-state index contributed by atoms with van der Waals surface area (Å²) in [6, 6.07) is 5.59. The average Bonchev–Trinajstić information content (AvgIpc) is 3.19. The van der Waals surface area contributed by atoms with Crippen LogP contribution in [0.1, 0.15) is 18.4 Å². The Hall–Kier alpha value is -1.77. The van der Waals surface area contributed by atoms with Crippen molar-refractivity contribution >= 4 is 11.9 Å². The first kappa shape index (κ1) is 11.7. The maximum atomic E-state index is 11.5. The van der Waals surface area contributed by atoms with Crippen LogP contribution in [0.25, 0.3) is 6.08 Å². The Labute approximate surface area is 101 Å². The number of hydrogen-bond acceptors (Lipinski definition) is 3. The van der Waals surface area contributed by atoms with Crippen molar-refractivity contribution < 1.29 is 14.3 Å². The molecule has 0 aromatic heterocycles. The number of rotatable bonds is 5. The van der Waals surface area contributed by atoms with Gasteiger partial charge in [-0.15, -0.1) is 0 Å². The summed E-state index contributed by atoms with van der Waals surface area (Å²) in [7, 11) is 3.20. The van der Waals surface area contributed by atoms with Gasteiger partial charge in [0.25, 0.3) is 0 Å². The molecule has 90 valence electrons. The Bertz CT molecular complexity index is 445. The fourth-order valence-corrected chi connectivity index (χ4v) is 1.64. The van der Waals surface area contributed by atoms with E-state index in [4.69, 9.17) is 9.47 Å². The highest BCUT2D eigenvalue weighted by Crippen LogP contribution is 2.31. The monoisotopic (exact) mass is 232 g/mol. The van der Waals surface area contributed by atoms with E-state index in [0.29, 0.717) is 11.5 Å². The molecule has 0 amide bonds. The lowest BCUT2D eigenvalue weighted by atomic mass is 10.1. The quantitative estimate of drug-likeness (QED) is 0.732. The van der Waals surface area contributed by atoms with E-state index in [-0.39, 0.29) is 11.7 Å². The SMILES string of the molecule is COc1ccc(C=CC(=O)C2CC2)cc1OC. The number of ether oxygens (including phenoxy) is 2. The van der Waals surface area contributed by atoms with Crippen LogP contribution in [0.15, 0.2) is 24.3 Å². The summed E-state index contributed by atoms with van der Waals surface area (Å²) in [4.78, 5) is 11.5. The minimum absolute atomic E-state index is 0.222. The van der Waals surface area contributed by atoms with E-state index >= 15 is 0 Å². The number of hydrogen-bond donors (Lipinski definition) is 0. The largest absolute Gasteiger partial charge is 0.493 e. The normalized spacial score (nSPS) is 14.9. The summed E-state index contributed by atoms with van der Waals surface area (Å²) in [5.41, 5.74) is 0.941. The molecule has 0 aliphatic heterocycles. The maximum Gasteiger partial charge on any atom is 0.161 e. The molecule has 0 atom stereocenters. The van der Waals surface area contributed by atoms with Gasteiger partial charge >= 0.3 is 0 Å². The molecule has 0 N–H and O–H groups in total. The number of carbonyl (C=O) groups is 1. The number of methoxy groups -OCH3 is 2. The number of carbonyl (C=O) groups excluding carboxylic acids is 1. The van der Waals surface area contributed by atoms with Crippen LogP contribution in [-0.4, -0.2) is 20.0 Å². The van der Waals surface area contributed by atoms with Crippen LogP contribution >= 0.6 is 0 Å². The van der Waals surface area contributed by atoms with E-state index in [1.54, 1.807) is 20.3 Å². The van der Waals surface area contributed by atoms with E-state index in [1.165, 1.54) is 0 Å². The minimum atomic E-state index is 0.222. The first-order valence-electron chi connectivity index (χ1n) is 5.68. The van der Waals surface area contributed by atoms with Crippen LogP contribution in [0.2, 0.25) is 0 Å². The smallest absolute Gasteiger partial charge is 0.161 e. The first-order valence-corrected chi connectivity index (χ1v) is 5.68. The van der Waals surface area contributed by atoms with Gasteiger partial charge in [-0.3, -0.25) is 4.79 Å². The van der Waals surface area contributed by atoms with Gasteiger partial charge in [0, 0.05) is 5.92 Å². The van der Waals surface area contributed by atoms with Gasteiger partial charge in [-0.1, -0.05) is 12.1 Å². The molecule has 1 aromatic rings. The lowest BCUT2D eigenvalue weighted by molar-refractivity contribution is -0.115. The fourth-order valence-electron chi connectivity index (χ4n) is 1.64. The van der Waals surface area contributed by atoms with Gasteiger partial charge in [0.2, 0.25) is 0 Å². The molecule has 1 fully saturated rings. The third kappa shape index (κ3) is 2.87. The van der Waals surface area contributed by atoms with Crippen molar-refractivity contribution in [2.75, 3.05) is 14.2 Å². The lowest BCUT2D eigenvalue weighted by Crippen LogP contribution is -1.94. The molecule has 1 aliphatic carbocycles. The summed E-state index contributed by atoms with van der Waals surface area (Å²) in [6.07, 6.45) is 5.55. The predicted octanol–water partition coefficient (Wildman–Crippen LogP) is 2.70. The molecule has 0 spiro atoms. The highest BCUT2D eigenvalue weighted by molar-refractivity contribution is 5.96. The lowest BCUT2D eigenvalue weighted by Gasteiger charge is -2.07. The molecule has 17 heavy (non-hydrogen) atoms. The van der Waals surface area contributed by atoms with Crippen LogP contribution in [0.5, 0.6) is 11.5 Å². The average molecular weight is 232 g/mol. The first-order chi connectivity index (χ1) is 8.24. The Balaban J connectivity index is 2.12. The van der Waals surface area contributed by atoms with Crippen LogP contribution in [-0.2, 0) is 4.79 Å². The molecule has 1 saturated carbocycles. The molecule has 3 nitrogen and oxygen atoms in total. The Morgan fingerprint density at radius 2 is 1.94 bits per heavy atom. The molecule has 0 radical (unpaired) electrons. The Kier molecular flexibility index (Phi) is 3.47. The van der Waals surface area contributed by atoms with Crippen molar-refractivity contribution in [3.63, 3.8) is 0 Å². The third-order valence-electron chi connectivity index (χ3n) is 2.83. The topological polar surface area (TPSA) is 35.5 Å². The van der Waals surface area contributed by atoms with Crippen molar-refractivity contribution in [3.05, 3.63) is 29.8 Å². The van der Waals surface area contributed by atoms with Gasteiger partial charge in [0.15, 0.2) is 17.3 Å². The predicted molar refractivity (Wildman–Crippen MR) is 66.3 cm³/mol. The van der Waals surface area contributed by atoms with E-state index in [2.05, 4.69) is 0 Å². The van der Waals surface area contributed by atoms with Crippen LogP contribution < -0.4 is 9.47 Å². The molecule has 0 heterocycles. The van der Waals surface area contributed by atoms with Crippen molar-refractivity contribution in [1.29, 1.82) is 0 Å². The molecule has 0 unspecified atom stereocenters. The van der Waals surface area contributed by atoms with Crippen molar-refractivity contribution in [2.45, 2.75) is 12.8 Å². The second kappa shape index (κ2) is 5.04. The zero-order chi connectivity index (χ0) is 12.3. The number of benzene rings is 1. The van der Waals surface area contributed by atoms with Gasteiger partial charge in [0.1, 0.15) is 0 Å². The molecule has 3 heteroatoms. The summed E-state index contributed by atoms with van der Waals surface area (Å²) in [5, 5.41) is 0. The Morgan fingerprint density at radius 3 is 2.53 bits per heavy atom. The second-order valence-corrected chi connectivity index (χ2v) is 4.12. The molecular weight excluding hydrogens is 216 g/mol.